The molecule has 0 saturated heterocycles. The molecule has 0 fully saturated rings. The van der Waals surface area contributed by atoms with Crippen molar-refractivity contribution in [1.82, 2.24) is 0 Å². The van der Waals surface area contributed by atoms with E-state index in [0.717, 1.165) is 11.6 Å². The fourth-order valence-corrected chi connectivity index (χ4v) is 2.43. The topological polar surface area (TPSA) is 93.1 Å². The van der Waals surface area contributed by atoms with Crippen molar-refractivity contribution < 1.29 is 29.3 Å². The minimum absolute atomic E-state index is 0.0533. The van der Waals surface area contributed by atoms with E-state index >= 15 is 0 Å². The van der Waals surface area contributed by atoms with Crippen LogP contribution in [0.1, 0.15) is 34.8 Å². The van der Waals surface area contributed by atoms with Gasteiger partial charge in [-0.25, -0.2) is 4.79 Å². The van der Waals surface area contributed by atoms with Crippen LogP contribution in [0.3, 0.4) is 0 Å². The molecule has 0 unspecified atom stereocenters. The van der Waals surface area contributed by atoms with Crippen LogP contribution in [-0.4, -0.2) is 35.2 Å². The van der Waals surface area contributed by atoms with E-state index in [-0.39, 0.29) is 17.1 Å². The van der Waals surface area contributed by atoms with Crippen LogP contribution in [0.2, 0.25) is 0 Å². The summed E-state index contributed by atoms with van der Waals surface area (Å²) >= 11 is 0. The first kappa shape index (κ1) is 20.0. The fraction of sp³-hybridized carbons (Fsp3) is 0.238. The summed E-state index contributed by atoms with van der Waals surface area (Å²) in [5, 5.41) is 18.7. The number of hydrogen-bond donors (Lipinski definition) is 2. The summed E-state index contributed by atoms with van der Waals surface area (Å²) in [6.45, 7) is 3.91. The number of aromatic hydroxyl groups is 1. The Hall–Kier alpha value is -3.28. The zero-order chi connectivity index (χ0) is 19.8. The van der Waals surface area contributed by atoms with E-state index < -0.39 is 5.97 Å². The predicted molar refractivity (Wildman–Crippen MR) is 102 cm³/mol. The number of benzene rings is 2. The molecule has 0 spiro atoms. The molecule has 0 aliphatic rings. The molecule has 0 amide bonds. The minimum Gasteiger partial charge on any atom is -0.507 e. The van der Waals surface area contributed by atoms with Crippen LogP contribution in [0.15, 0.2) is 42.5 Å². The average Bonchev–Trinajstić information content (AvgIpc) is 2.63. The number of rotatable bonds is 9. The maximum Gasteiger partial charge on any atom is 0.328 e. The first-order chi connectivity index (χ1) is 12.9. The summed E-state index contributed by atoms with van der Waals surface area (Å²) < 4.78 is 11.3. The van der Waals surface area contributed by atoms with Gasteiger partial charge >= 0.3 is 5.97 Å². The second kappa shape index (κ2) is 9.43. The van der Waals surface area contributed by atoms with Crippen molar-refractivity contribution in [2.24, 2.45) is 0 Å². The zero-order valence-electron chi connectivity index (χ0n) is 15.3. The highest BCUT2D eigenvalue weighted by Gasteiger charge is 2.12. The van der Waals surface area contributed by atoms with E-state index in [1.807, 2.05) is 0 Å². The van der Waals surface area contributed by atoms with Gasteiger partial charge in [0, 0.05) is 18.1 Å². The van der Waals surface area contributed by atoms with E-state index in [2.05, 4.69) is 0 Å². The van der Waals surface area contributed by atoms with Crippen molar-refractivity contribution in [2.45, 2.75) is 20.3 Å². The molecule has 27 heavy (non-hydrogen) atoms. The number of carboxylic acid groups (broad SMARTS) is 1. The Morgan fingerprint density at radius 2 is 1.85 bits per heavy atom. The Balaban J connectivity index is 1.83. The van der Waals surface area contributed by atoms with Crippen molar-refractivity contribution in [1.29, 1.82) is 0 Å². The molecule has 6 nitrogen and oxygen atoms in total. The van der Waals surface area contributed by atoms with Gasteiger partial charge in [0.15, 0.2) is 5.78 Å². The molecule has 2 rings (SSSR count). The third kappa shape index (κ3) is 5.88. The molecule has 0 bridgehead atoms. The Morgan fingerprint density at radius 1 is 1.11 bits per heavy atom. The van der Waals surface area contributed by atoms with Gasteiger partial charge in [0.1, 0.15) is 17.2 Å². The van der Waals surface area contributed by atoms with Crippen molar-refractivity contribution in [2.75, 3.05) is 13.2 Å². The van der Waals surface area contributed by atoms with Crippen molar-refractivity contribution in [3.8, 4) is 17.2 Å². The van der Waals surface area contributed by atoms with E-state index in [1.54, 1.807) is 43.3 Å². The maximum atomic E-state index is 11.4. The number of carbonyl (C=O) groups excluding carboxylic acids is 1. The molecule has 0 heterocycles. The lowest BCUT2D eigenvalue weighted by Gasteiger charge is -2.12. The normalized spacial score (nSPS) is 10.7. The summed E-state index contributed by atoms with van der Waals surface area (Å²) in [5.41, 5.74) is 1.55. The summed E-state index contributed by atoms with van der Waals surface area (Å²) in [7, 11) is 0. The quantitative estimate of drug-likeness (QED) is 0.396. The number of carbonyl (C=O) groups is 2. The predicted octanol–water partition coefficient (Wildman–Crippen LogP) is 3.85. The summed E-state index contributed by atoms with van der Waals surface area (Å²) in [5.74, 6) is -0.0879. The zero-order valence-corrected chi connectivity index (χ0v) is 15.3. The monoisotopic (exact) mass is 370 g/mol. The van der Waals surface area contributed by atoms with Crippen LogP contribution in [0.4, 0.5) is 0 Å². The number of phenols is 1. The highest BCUT2D eigenvalue weighted by molar-refractivity contribution is 5.97. The number of ketones is 1. The Morgan fingerprint density at radius 3 is 2.56 bits per heavy atom. The highest BCUT2D eigenvalue weighted by atomic mass is 16.5. The first-order valence-electron chi connectivity index (χ1n) is 8.48. The average molecular weight is 370 g/mol. The van der Waals surface area contributed by atoms with Gasteiger partial charge in [-0.3, -0.25) is 4.79 Å². The maximum absolute atomic E-state index is 11.4. The van der Waals surface area contributed by atoms with Crippen molar-refractivity contribution in [3.63, 3.8) is 0 Å². The molecule has 0 aromatic heterocycles. The SMILES string of the molecule is CC(=O)c1ccc(OCCCOc2cccc(/C=C/C(=O)O)c2)c(C)c1O. The summed E-state index contributed by atoms with van der Waals surface area (Å²) in [6, 6.07) is 10.3. The molecule has 6 heteroatoms. The van der Waals surface area contributed by atoms with Gasteiger partial charge in [-0.2, -0.15) is 0 Å². The molecule has 0 aliphatic heterocycles. The Bertz CT molecular complexity index is 854. The fourth-order valence-electron chi connectivity index (χ4n) is 2.43. The molecule has 142 valence electrons. The largest absolute Gasteiger partial charge is 0.507 e. The number of aliphatic carboxylic acids is 1. The van der Waals surface area contributed by atoms with E-state index in [0.29, 0.717) is 36.7 Å². The van der Waals surface area contributed by atoms with Crippen LogP contribution in [-0.2, 0) is 4.79 Å². The standard InChI is InChI=1S/C21H22O6/c1-14-19(9-8-18(15(2)22)21(14)25)27-12-4-11-26-17-6-3-5-16(13-17)7-10-20(23)24/h3,5-10,13,25H,4,11-12H2,1-2H3,(H,23,24)/b10-7+. The number of Topliss-reactive ketones (excluding diaryl/α,β-unsaturated/α-hetero) is 1. The Labute approximate surface area is 157 Å². The molecular weight excluding hydrogens is 348 g/mol. The lowest BCUT2D eigenvalue weighted by molar-refractivity contribution is -0.131. The van der Waals surface area contributed by atoms with Crippen LogP contribution >= 0.6 is 0 Å². The summed E-state index contributed by atoms with van der Waals surface area (Å²) in [4.78, 5) is 22.0. The first-order valence-corrected chi connectivity index (χ1v) is 8.48. The second-order valence-corrected chi connectivity index (χ2v) is 5.94. The third-order valence-corrected chi connectivity index (χ3v) is 3.85. The molecule has 0 atom stereocenters. The lowest BCUT2D eigenvalue weighted by Crippen LogP contribution is -2.06. The molecule has 2 aromatic rings. The molecule has 2 aromatic carbocycles. The van der Waals surface area contributed by atoms with Crippen molar-refractivity contribution >= 4 is 17.8 Å². The van der Waals surface area contributed by atoms with Gasteiger partial charge in [-0.05, 0) is 49.8 Å². The second-order valence-electron chi connectivity index (χ2n) is 5.94. The highest BCUT2D eigenvalue weighted by Crippen LogP contribution is 2.30. The number of ether oxygens (including phenoxy) is 2. The van der Waals surface area contributed by atoms with E-state index in [1.165, 1.54) is 13.0 Å². The lowest BCUT2D eigenvalue weighted by atomic mass is 10.1. The molecule has 0 radical (unpaired) electrons. The third-order valence-electron chi connectivity index (χ3n) is 3.85. The van der Waals surface area contributed by atoms with Gasteiger partial charge < -0.3 is 19.7 Å². The minimum atomic E-state index is -1.00. The van der Waals surface area contributed by atoms with E-state index in [9.17, 15) is 14.7 Å². The number of carboxylic acids is 1. The van der Waals surface area contributed by atoms with Crippen molar-refractivity contribution in [3.05, 3.63) is 59.2 Å². The van der Waals surface area contributed by atoms with Crippen LogP contribution < -0.4 is 9.47 Å². The van der Waals surface area contributed by atoms with Gasteiger partial charge in [0.2, 0.25) is 0 Å². The van der Waals surface area contributed by atoms with Gasteiger partial charge in [0.05, 0.1) is 18.8 Å². The number of hydrogen-bond acceptors (Lipinski definition) is 5. The van der Waals surface area contributed by atoms with Crippen LogP contribution in [0.25, 0.3) is 6.08 Å². The molecule has 0 saturated carbocycles. The van der Waals surface area contributed by atoms with Gasteiger partial charge in [-0.15, -0.1) is 0 Å². The Kier molecular flexibility index (Phi) is 7.00. The summed E-state index contributed by atoms with van der Waals surface area (Å²) in [6.07, 6.45) is 3.18. The van der Waals surface area contributed by atoms with E-state index in [4.69, 9.17) is 14.6 Å². The smallest absolute Gasteiger partial charge is 0.328 e. The molecule has 0 aliphatic carbocycles. The molecule has 2 N–H and O–H groups in total. The van der Waals surface area contributed by atoms with Gasteiger partial charge in [-0.1, -0.05) is 12.1 Å². The van der Waals surface area contributed by atoms with Gasteiger partial charge in [0.25, 0.3) is 0 Å². The number of phenolic OH excluding ortho intramolecular Hbond substituents is 1. The molecular formula is C21H22O6. The van der Waals surface area contributed by atoms with Crippen LogP contribution in [0.5, 0.6) is 17.2 Å². The van der Waals surface area contributed by atoms with Crippen LogP contribution in [0, 0.1) is 6.92 Å².